The smallest absolute Gasteiger partial charge is 0.0477 e. The lowest BCUT2D eigenvalue weighted by Gasteiger charge is -2.26. The first kappa shape index (κ1) is 12.3. The molecule has 2 unspecified atom stereocenters. The van der Waals surface area contributed by atoms with E-state index < -0.39 is 0 Å². The number of hydrogen-bond acceptors (Lipinski definition) is 4. The van der Waals surface area contributed by atoms with Gasteiger partial charge in [0.2, 0.25) is 0 Å². The largest absolute Gasteiger partial charge is 0.385 e. The number of hydrogen-bond donors (Lipinski definition) is 1. The molecular weight excluding hydrogens is 196 g/mol. The Hall–Kier alpha value is 0.230. The van der Waals surface area contributed by atoms with Gasteiger partial charge in [0.05, 0.1) is 0 Å². The summed E-state index contributed by atoms with van der Waals surface area (Å²) in [6, 6.07) is 0.999. The zero-order chi connectivity index (χ0) is 10.4. The van der Waals surface area contributed by atoms with Crippen molar-refractivity contribution < 1.29 is 4.74 Å². The van der Waals surface area contributed by atoms with Gasteiger partial charge in [-0.05, 0) is 25.6 Å². The van der Waals surface area contributed by atoms with Crippen molar-refractivity contribution in [1.82, 2.24) is 4.90 Å². The number of ether oxygens (including phenoxy) is 1. The number of rotatable bonds is 6. The number of methoxy groups -OCH3 is 1. The van der Waals surface area contributed by atoms with Gasteiger partial charge in [0.1, 0.15) is 0 Å². The quantitative estimate of drug-likeness (QED) is 0.715. The van der Waals surface area contributed by atoms with Crippen LogP contribution in [0.15, 0.2) is 0 Å². The van der Waals surface area contributed by atoms with Gasteiger partial charge >= 0.3 is 0 Å². The van der Waals surface area contributed by atoms with Gasteiger partial charge in [-0.25, -0.2) is 0 Å². The summed E-state index contributed by atoms with van der Waals surface area (Å²) in [4.78, 5) is 2.40. The summed E-state index contributed by atoms with van der Waals surface area (Å²) in [6.07, 6.45) is 2.28. The van der Waals surface area contributed by atoms with Crippen molar-refractivity contribution in [3.8, 4) is 0 Å². The molecule has 1 fully saturated rings. The van der Waals surface area contributed by atoms with Crippen LogP contribution < -0.4 is 5.73 Å². The Morgan fingerprint density at radius 2 is 2.43 bits per heavy atom. The van der Waals surface area contributed by atoms with Crippen LogP contribution in [0.4, 0.5) is 0 Å². The van der Waals surface area contributed by atoms with E-state index in [4.69, 9.17) is 10.5 Å². The highest BCUT2D eigenvalue weighted by Gasteiger charge is 2.20. The number of nitrogens with zero attached hydrogens (tertiary/aromatic N) is 1. The lowest BCUT2D eigenvalue weighted by Crippen LogP contribution is -2.41. The van der Waals surface area contributed by atoms with E-state index in [2.05, 4.69) is 11.9 Å². The van der Waals surface area contributed by atoms with Gasteiger partial charge < -0.3 is 15.4 Å². The van der Waals surface area contributed by atoms with Gasteiger partial charge in [0.25, 0.3) is 0 Å². The maximum absolute atomic E-state index is 6.00. The second-order valence-corrected chi connectivity index (χ2v) is 5.15. The molecular formula is C10H22N2OS. The minimum absolute atomic E-state index is 0.255. The van der Waals surface area contributed by atoms with Crippen molar-refractivity contribution in [2.24, 2.45) is 5.73 Å². The first-order valence-corrected chi connectivity index (χ1v) is 6.42. The second kappa shape index (κ2) is 6.67. The average molecular weight is 218 g/mol. The molecule has 84 valence electrons. The molecule has 0 aromatic heterocycles. The van der Waals surface area contributed by atoms with Crippen molar-refractivity contribution in [2.75, 3.05) is 38.8 Å². The summed E-state index contributed by atoms with van der Waals surface area (Å²) < 4.78 is 5.02. The van der Waals surface area contributed by atoms with Crippen molar-refractivity contribution in [3.63, 3.8) is 0 Å². The molecule has 1 saturated heterocycles. The molecule has 0 aromatic rings. The summed E-state index contributed by atoms with van der Waals surface area (Å²) in [7, 11) is 3.91. The van der Waals surface area contributed by atoms with Crippen molar-refractivity contribution in [1.29, 1.82) is 0 Å². The minimum Gasteiger partial charge on any atom is -0.385 e. The Kier molecular flexibility index (Phi) is 5.86. The van der Waals surface area contributed by atoms with Crippen LogP contribution in [0.5, 0.6) is 0 Å². The Labute approximate surface area is 91.4 Å². The van der Waals surface area contributed by atoms with Gasteiger partial charge in [-0.3, -0.25) is 0 Å². The van der Waals surface area contributed by atoms with Gasteiger partial charge in [0, 0.05) is 38.1 Å². The zero-order valence-corrected chi connectivity index (χ0v) is 10.1. The van der Waals surface area contributed by atoms with E-state index in [1.807, 2.05) is 11.8 Å². The fourth-order valence-electron chi connectivity index (χ4n) is 1.75. The van der Waals surface area contributed by atoms with Gasteiger partial charge in [-0.2, -0.15) is 11.8 Å². The van der Waals surface area contributed by atoms with E-state index >= 15 is 0 Å². The van der Waals surface area contributed by atoms with Crippen molar-refractivity contribution in [3.05, 3.63) is 0 Å². The summed E-state index contributed by atoms with van der Waals surface area (Å²) in [5, 5.41) is 0. The molecule has 0 aromatic carbocycles. The normalized spacial score (nSPS) is 24.4. The van der Waals surface area contributed by atoms with Crippen molar-refractivity contribution in [2.45, 2.75) is 24.9 Å². The zero-order valence-electron chi connectivity index (χ0n) is 9.24. The molecule has 0 aliphatic carbocycles. The first-order chi connectivity index (χ1) is 6.74. The van der Waals surface area contributed by atoms with Gasteiger partial charge in [-0.1, -0.05) is 0 Å². The van der Waals surface area contributed by atoms with Crippen LogP contribution in [-0.4, -0.2) is 55.8 Å². The van der Waals surface area contributed by atoms with Gasteiger partial charge in [-0.15, -0.1) is 0 Å². The highest BCUT2D eigenvalue weighted by atomic mass is 32.2. The van der Waals surface area contributed by atoms with Crippen LogP contribution in [0.25, 0.3) is 0 Å². The molecule has 0 radical (unpaired) electrons. The summed E-state index contributed by atoms with van der Waals surface area (Å²) >= 11 is 2.05. The van der Waals surface area contributed by atoms with E-state index in [0.717, 1.165) is 25.6 Å². The molecule has 1 heterocycles. The predicted octanol–water partition coefficient (Wildman–Crippen LogP) is 0.788. The van der Waals surface area contributed by atoms with E-state index in [1.54, 1.807) is 7.11 Å². The first-order valence-electron chi connectivity index (χ1n) is 5.26. The predicted molar refractivity (Wildman–Crippen MR) is 62.8 cm³/mol. The van der Waals surface area contributed by atoms with Crippen LogP contribution in [0, 0.1) is 0 Å². The summed E-state index contributed by atoms with van der Waals surface area (Å²) in [5.41, 5.74) is 6.00. The van der Waals surface area contributed by atoms with E-state index in [-0.39, 0.29) is 6.04 Å². The third-order valence-corrected chi connectivity index (χ3v) is 3.89. The molecule has 0 saturated carbocycles. The van der Waals surface area contributed by atoms with Crippen LogP contribution in [0.1, 0.15) is 12.8 Å². The molecule has 2 atom stereocenters. The summed E-state index contributed by atoms with van der Waals surface area (Å²) in [6.45, 7) is 1.77. The molecule has 0 amide bonds. The molecule has 0 bridgehead atoms. The maximum Gasteiger partial charge on any atom is 0.0477 e. The van der Waals surface area contributed by atoms with Crippen LogP contribution in [0.3, 0.4) is 0 Å². The Bertz CT molecular complexity index is 151. The Morgan fingerprint density at radius 1 is 1.64 bits per heavy atom. The second-order valence-electron chi connectivity index (χ2n) is 4.00. The monoisotopic (exact) mass is 218 g/mol. The molecule has 4 heteroatoms. The van der Waals surface area contributed by atoms with E-state index in [9.17, 15) is 0 Å². The standard InChI is InChI=1S/C10H22N2OS/c1-12(10-4-6-14-8-10)7-9(11)3-5-13-2/h9-10H,3-8,11H2,1-2H3. The average Bonchev–Trinajstić information content (AvgIpc) is 2.67. The molecule has 2 N–H and O–H groups in total. The SMILES string of the molecule is COCCC(N)CN(C)C1CCSC1. The Morgan fingerprint density at radius 3 is 3.00 bits per heavy atom. The summed E-state index contributed by atoms with van der Waals surface area (Å²) in [5.74, 6) is 2.58. The molecule has 1 rings (SSSR count). The topological polar surface area (TPSA) is 38.5 Å². The fourth-order valence-corrected chi connectivity index (χ4v) is 3.05. The van der Waals surface area contributed by atoms with Crippen LogP contribution in [0.2, 0.25) is 0 Å². The highest BCUT2D eigenvalue weighted by Crippen LogP contribution is 2.21. The number of nitrogens with two attached hydrogens (primary N) is 1. The lowest BCUT2D eigenvalue weighted by molar-refractivity contribution is 0.173. The van der Waals surface area contributed by atoms with Crippen LogP contribution >= 0.6 is 11.8 Å². The fraction of sp³-hybridized carbons (Fsp3) is 1.00. The maximum atomic E-state index is 6.00. The molecule has 14 heavy (non-hydrogen) atoms. The Balaban J connectivity index is 2.14. The highest BCUT2D eigenvalue weighted by molar-refractivity contribution is 7.99. The molecule has 3 nitrogen and oxygen atoms in total. The lowest BCUT2D eigenvalue weighted by atomic mass is 10.1. The minimum atomic E-state index is 0.255. The third kappa shape index (κ3) is 4.17. The molecule has 1 aliphatic rings. The van der Waals surface area contributed by atoms with Crippen LogP contribution in [-0.2, 0) is 4.74 Å². The number of likely N-dealkylation sites (N-methyl/N-ethyl adjacent to an activating group) is 1. The van der Waals surface area contributed by atoms with Gasteiger partial charge in [0.15, 0.2) is 0 Å². The number of thioether (sulfide) groups is 1. The van der Waals surface area contributed by atoms with Crippen molar-refractivity contribution >= 4 is 11.8 Å². The van der Waals surface area contributed by atoms with E-state index in [1.165, 1.54) is 17.9 Å². The molecule has 1 aliphatic heterocycles. The molecule has 0 spiro atoms. The van der Waals surface area contributed by atoms with E-state index in [0.29, 0.717) is 0 Å². The third-order valence-electron chi connectivity index (χ3n) is 2.74.